The molecule has 1 aromatic rings. The van der Waals surface area contributed by atoms with Crippen LogP contribution in [0.15, 0.2) is 22.6 Å². The molecule has 0 N–H and O–H groups in total. The van der Waals surface area contributed by atoms with Crippen LogP contribution in [0.25, 0.3) is 6.08 Å². The molecule has 0 amide bonds. The predicted molar refractivity (Wildman–Crippen MR) is 173 cm³/mol. The molecule has 0 radical (unpaired) electrons. The Hall–Kier alpha value is -1.07. The van der Waals surface area contributed by atoms with Gasteiger partial charge in [-0.3, -0.25) is 0 Å². The summed E-state index contributed by atoms with van der Waals surface area (Å²) in [6.45, 7) is 29.9. The summed E-state index contributed by atoms with van der Waals surface area (Å²) in [5, 5.41) is 3.42. The SMILES string of the molecule is COC(=O)C(=CC[C@H](O[Si](C)(C)C(C)(C)C)C(C)=Cc1csc(C)n1)CCC[C@H](C)CO[Si](C)(C)C(C)(C)C. The number of ether oxygens (including phenoxy) is 1. The number of rotatable bonds is 14. The third-order valence-electron chi connectivity index (χ3n) is 8.47. The molecular weight excluding hydrogens is 539 g/mol. The van der Waals surface area contributed by atoms with E-state index in [1.165, 1.54) is 7.11 Å². The molecule has 0 unspecified atom stereocenters. The molecule has 0 aromatic carbocycles. The van der Waals surface area contributed by atoms with E-state index in [2.05, 4.69) is 98.0 Å². The molecule has 39 heavy (non-hydrogen) atoms. The summed E-state index contributed by atoms with van der Waals surface area (Å²) in [6, 6.07) is 0. The Balaban J connectivity index is 3.02. The van der Waals surface area contributed by atoms with Crippen LogP contribution in [0.2, 0.25) is 36.3 Å². The molecule has 224 valence electrons. The van der Waals surface area contributed by atoms with E-state index in [9.17, 15) is 4.79 Å². The summed E-state index contributed by atoms with van der Waals surface area (Å²) in [5.74, 6) is 0.197. The highest BCUT2D eigenvalue weighted by molar-refractivity contribution is 7.09. The van der Waals surface area contributed by atoms with Gasteiger partial charge in [0.2, 0.25) is 0 Å². The van der Waals surface area contributed by atoms with Crippen molar-refractivity contribution in [3.05, 3.63) is 33.3 Å². The van der Waals surface area contributed by atoms with Gasteiger partial charge in [-0.05, 0) is 93.4 Å². The average molecular weight is 596 g/mol. The van der Waals surface area contributed by atoms with Crippen molar-refractivity contribution in [1.82, 2.24) is 4.98 Å². The van der Waals surface area contributed by atoms with E-state index in [-0.39, 0.29) is 22.1 Å². The monoisotopic (exact) mass is 595 g/mol. The Labute approximate surface area is 246 Å². The quantitative estimate of drug-likeness (QED) is 0.122. The smallest absolute Gasteiger partial charge is 0.333 e. The molecule has 0 saturated heterocycles. The topological polar surface area (TPSA) is 57.7 Å². The van der Waals surface area contributed by atoms with E-state index in [4.69, 9.17) is 13.6 Å². The van der Waals surface area contributed by atoms with Gasteiger partial charge in [-0.2, -0.15) is 0 Å². The number of hydrogen-bond donors (Lipinski definition) is 0. The highest BCUT2D eigenvalue weighted by Crippen LogP contribution is 2.39. The zero-order chi connectivity index (χ0) is 30.2. The lowest BCUT2D eigenvalue weighted by Crippen LogP contribution is -2.44. The van der Waals surface area contributed by atoms with Crippen molar-refractivity contribution in [1.29, 1.82) is 0 Å². The molecule has 0 bridgehead atoms. The Morgan fingerprint density at radius 1 is 1.08 bits per heavy atom. The summed E-state index contributed by atoms with van der Waals surface area (Å²) < 4.78 is 18.5. The van der Waals surface area contributed by atoms with Crippen LogP contribution < -0.4 is 0 Å². The lowest BCUT2D eigenvalue weighted by Gasteiger charge is -2.39. The van der Waals surface area contributed by atoms with Gasteiger partial charge in [-0.25, -0.2) is 9.78 Å². The van der Waals surface area contributed by atoms with E-state index >= 15 is 0 Å². The molecule has 0 spiro atoms. The number of nitrogens with zero attached hydrogens (tertiary/aromatic N) is 1. The molecule has 2 atom stereocenters. The molecule has 1 rings (SSSR count). The molecule has 0 aliphatic heterocycles. The number of esters is 1. The van der Waals surface area contributed by atoms with E-state index in [0.717, 1.165) is 41.3 Å². The standard InChI is InChI=1S/C31H57NO4SSi2/c1-23(21-35-38(11,12)30(4,5)6)16-15-17-26(29(33)34-10)18-19-28(36-39(13,14)31(7,8)9)24(2)20-27-22-37-25(3)32-27/h18,20,22-23,28H,15-17,19,21H2,1-14H3/t23-,28-/m0/s1. The highest BCUT2D eigenvalue weighted by Gasteiger charge is 2.39. The molecule has 1 aromatic heterocycles. The highest BCUT2D eigenvalue weighted by atomic mass is 32.1. The van der Waals surface area contributed by atoms with Gasteiger partial charge in [0, 0.05) is 17.6 Å². The maximum atomic E-state index is 12.7. The van der Waals surface area contributed by atoms with Crippen molar-refractivity contribution in [2.75, 3.05) is 13.7 Å². The minimum Gasteiger partial charge on any atom is -0.466 e. The molecule has 0 aliphatic carbocycles. The van der Waals surface area contributed by atoms with E-state index in [1.807, 2.05) is 13.0 Å². The molecular formula is C31H57NO4SSi2. The Bertz CT molecular complexity index is 983. The first kappa shape index (κ1) is 36.0. The second-order valence-corrected chi connectivity index (χ2v) is 24.7. The van der Waals surface area contributed by atoms with Crippen molar-refractivity contribution in [2.24, 2.45) is 5.92 Å². The third kappa shape index (κ3) is 11.8. The van der Waals surface area contributed by atoms with Gasteiger partial charge in [-0.15, -0.1) is 11.3 Å². The molecule has 0 fully saturated rings. The van der Waals surface area contributed by atoms with Gasteiger partial charge in [0.25, 0.3) is 0 Å². The zero-order valence-corrected chi connectivity index (χ0v) is 30.2. The molecule has 0 saturated carbocycles. The van der Waals surface area contributed by atoms with Crippen LogP contribution in [0, 0.1) is 12.8 Å². The molecule has 5 nitrogen and oxygen atoms in total. The van der Waals surface area contributed by atoms with Gasteiger partial charge in [0.05, 0.1) is 23.9 Å². The summed E-state index contributed by atoms with van der Waals surface area (Å²) in [6.07, 6.45) is 7.30. The summed E-state index contributed by atoms with van der Waals surface area (Å²) in [7, 11) is -2.33. The lowest BCUT2D eigenvalue weighted by molar-refractivity contribution is -0.136. The van der Waals surface area contributed by atoms with Gasteiger partial charge in [-0.1, -0.05) is 54.5 Å². The number of hydrogen-bond acceptors (Lipinski definition) is 6. The number of carbonyl (C=O) groups excluding carboxylic acids is 1. The van der Waals surface area contributed by atoms with Gasteiger partial charge in [0.1, 0.15) is 0 Å². The predicted octanol–water partition coefficient (Wildman–Crippen LogP) is 9.56. The maximum absolute atomic E-state index is 12.7. The van der Waals surface area contributed by atoms with E-state index in [1.54, 1.807) is 11.3 Å². The number of thiazole rings is 1. The van der Waals surface area contributed by atoms with Crippen LogP contribution in [0.1, 0.15) is 91.8 Å². The third-order valence-corrected chi connectivity index (χ3v) is 18.2. The fraction of sp³-hybridized carbons (Fsp3) is 0.742. The van der Waals surface area contributed by atoms with Crippen molar-refractivity contribution in [3.8, 4) is 0 Å². The van der Waals surface area contributed by atoms with Crippen molar-refractivity contribution >= 4 is 40.0 Å². The average Bonchev–Trinajstić information content (AvgIpc) is 3.21. The zero-order valence-electron chi connectivity index (χ0n) is 27.4. The second-order valence-electron chi connectivity index (χ2n) is 14.1. The van der Waals surface area contributed by atoms with Crippen LogP contribution in [-0.4, -0.2) is 47.4 Å². The summed E-state index contributed by atoms with van der Waals surface area (Å²) in [5.41, 5.74) is 2.82. The summed E-state index contributed by atoms with van der Waals surface area (Å²) >= 11 is 1.65. The van der Waals surface area contributed by atoms with Crippen molar-refractivity contribution < 1.29 is 18.4 Å². The first-order chi connectivity index (χ1) is 17.7. The van der Waals surface area contributed by atoms with Crippen LogP contribution >= 0.6 is 11.3 Å². The number of aryl methyl sites for hydroxylation is 1. The van der Waals surface area contributed by atoms with Gasteiger partial charge in [0.15, 0.2) is 16.6 Å². The van der Waals surface area contributed by atoms with Crippen LogP contribution in [-0.2, 0) is 18.4 Å². The van der Waals surface area contributed by atoms with Crippen LogP contribution in [0.3, 0.4) is 0 Å². The molecule has 1 heterocycles. The van der Waals surface area contributed by atoms with E-state index in [0.29, 0.717) is 18.8 Å². The molecule has 8 heteroatoms. The minimum absolute atomic E-state index is 0.0836. The van der Waals surface area contributed by atoms with Gasteiger partial charge < -0.3 is 13.6 Å². The Kier molecular flexibility index (Phi) is 13.6. The minimum atomic E-state index is -2.04. The Morgan fingerprint density at radius 3 is 2.15 bits per heavy atom. The summed E-state index contributed by atoms with van der Waals surface area (Å²) in [4.78, 5) is 17.3. The number of methoxy groups -OCH3 is 1. The van der Waals surface area contributed by atoms with E-state index < -0.39 is 16.6 Å². The van der Waals surface area contributed by atoms with Crippen molar-refractivity contribution in [2.45, 2.75) is 130 Å². The van der Waals surface area contributed by atoms with Gasteiger partial charge >= 0.3 is 5.97 Å². The molecule has 0 aliphatic rings. The number of aromatic nitrogens is 1. The van der Waals surface area contributed by atoms with Crippen LogP contribution in [0.4, 0.5) is 0 Å². The largest absolute Gasteiger partial charge is 0.466 e. The maximum Gasteiger partial charge on any atom is 0.333 e. The first-order valence-corrected chi connectivity index (χ1v) is 21.1. The fourth-order valence-corrected chi connectivity index (χ4v) is 6.64. The number of carbonyl (C=O) groups is 1. The lowest BCUT2D eigenvalue weighted by atomic mass is 9.99. The second kappa shape index (κ2) is 14.7. The van der Waals surface area contributed by atoms with Crippen molar-refractivity contribution in [3.63, 3.8) is 0 Å². The fourth-order valence-electron chi connectivity index (χ4n) is 3.59. The first-order valence-electron chi connectivity index (χ1n) is 14.4. The normalized spacial score (nSPS) is 15.8. The van der Waals surface area contributed by atoms with Crippen LogP contribution in [0.5, 0.6) is 0 Å². The Morgan fingerprint density at radius 2 is 1.67 bits per heavy atom.